The van der Waals surface area contributed by atoms with Crippen molar-refractivity contribution < 1.29 is 13.5 Å². The fourth-order valence-electron chi connectivity index (χ4n) is 4.75. The average Bonchev–Trinajstić information content (AvgIpc) is 3.31. The molecule has 0 bridgehead atoms. The first-order valence-corrected chi connectivity index (χ1v) is 14.4. The lowest BCUT2D eigenvalue weighted by Gasteiger charge is -2.36. The Kier molecular flexibility index (Phi) is 7.24. The lowest BCUT2D eigenvalue weighted by Crippen LogP contribution is -2.48. The third-order valence-electron chi connectivity index (χ3n) is 6.80. The number of anilines is 4. The van der Waals surface area contributed by atoms with Gasteiger partial charge in [0.1, 0.15) is 0 Å². The lowest BCUT2D eigenvalue weighted by atomic mass is 10.1. The molecule has 1 aliphatic heterocycles. The number of para-hydroxylation sites is 1. The van der Waals surface area contributed by atoms with Gasteiger partial charge in [-0.25, -0.2) is 17.9 Å². The zero-order valence-electron chi connectivity index (χ0n) is 21.8. The van der Waals surface area contributed by atoms with Crippen LogP contribution in [0, 0.1) is 0 Å². The predicted molar refractivity (Wildman–Crippen MR) is 152 cm³/mol. The second-order valence-electron chi connectivity index (χ2n) is 9.69. The van der Waals surface area contributed by atoms with Crippen molar-refractivity contribution in [1.29, 1.82) is 0 Å². The summed E-state index contributed by atoms with van der Waals surface area (Å²) in [6, 6.07) is 19.4. The monoisotopic (exact) mass is 535 g/mol. The number of hydrogen-bond acceptors (Lipinski definition) is 8. The second-order valence-corrected chi connectivity index (χ2v) is 11.7. The molecule has 5 rings (SSSR count). The summed E-state index contributed by atoms with van der Waals surface area (Å²) in [4.78, 5) is 9.10. The normalized spacial score (nSPS) is 15.5. The van der Waals surface area contributed by atoms with Crippen LogP contribution < -0.4 is 14.5 Å². The summed E-state index contributed by atoms with van der Waals surface area (Å²) < 4.78 is 27.5. The zero-order chi connectivity index (χ0) is 26.9. The zero-order valence-corrected chi connectivity index (χ0v) is 22.6. The molecule has 200 valence electrons. The van der Waals surface area contributed by atoms with Gasteiger partial charge in [0.15, 0.2) is 0 Å². The van der Waals surface area contributed by atoms with Crippen LogP contribution in [0.5, 0.6) is 0 Å². The Morgan fingerprint density at radius 1 is 1.03 bits per heavy atom. The van der Waals surface area contributed by atoms with Crippen LogP contribution in [0.2, 0.25) is 0 Å². The highest BCUT2D eigenvalue weighted by molar-refractivity contribution is 7.92. The molecule has 4 aromatic rings. The molecular weight excluding hydrogens is 502 g/mol. The summed E-state index contributed by atoms with van der Waals surface area (Å²) in [6.45, 7) is 6.25. The minimum atomic E-state index is -3.43. The van der Waals surface area contributed by atoms with E-state index in [1.165, 1.54) is 10.6 Å². The van der Waals surface area contributed by atoms with Crippen LogP contribution in [-0.2, 0) is 10.0 Å². The Bertz CT molecular complexity index is 1510. The first-order chi connectivity index (χ1) is 18.2. The average molecular weight is 536 g/mol. The summed E-state index contributed by atoms with van der Waals surface area (Å²) in [5.74, 6) is 0.434. The van der Waals surface area contributed by atoms with Crippen LogP contribution in [0.25, 0.3) is 16.8 Å². The van der Waals surface area contributed by atoms with Gasteiger partial charge in [-0.05, 0) is 49.4 Å². The topological polar surface area (TPSA) is 106 Å². The van der Waals surface area contributed by atoms with E-state index in [0.717, 1.165) is 54.3 Å². The van der Waals surface area contributed by atoms with E-state index in [-0.39, 0.29) is 6.10 Å². The fraction of sp³-hybridized carbons (Fsp3) is 0.333. The molecule has 3 heterocycles. The molecule has 1 fully saturated rings. The maximum atomic E-state index is 12.2. The van der Waals surface area contributed by atoms with E-state index in [4.69, 9.17) is 5.10 Å². The fourth-order valence-corrected chi connectivity index (χ4v) is 5.27. The van der Waals surface area contributed by atoms with Gasteiger partial charge in [0.2, 0.25) is 16.0 Å². The van der Waals surface area contributed by atoms with Gasteiger partial charge in [-0.2, -0.15) is 0 Å². The largest absolute Gasteiger partial charge is 0.392 e. The number of aromatic nitrogens is 3. The molecule has 11 heteroatoms. The number of benzene rings is 2. The van der Waals surface area contributed by atoms with Gasteiger partial charge < -0.3 is 15.3 Å². The summed E-state index contributed by atoms with van der Waals surface area (Å²) in [7, 11) is -1.88. The van der Waals surface area contributed by atoms with Gasteiger partial charge in [-0.15, -0.1) is 5.10 Å². The molecule has 1 saturated heterocycles. The summed E-state index contributed by atoms with van der Waals surface area (Å²) in [6.07, 6.45) is 2.62. The van der Waals surface area contributed by atoms with E-state index in [1.807, 2.05) is 49.4 Å². The number of aliphatic hydroxyl groups is 1. The first-order valence-electron chi connectivity index (χ1n) is 12.6. The SMILES string of the molecule is C[C@@H](O)CN1CCN(c2ccc(Nc3ncc4ccc(-c5ccccc5N(C)S(C)(=O)=O)n4n3)cc2)CC1. The molecule has 0 spiro atoms. The van der Waals surface area contributed by atoms with Gasteiger partial charge in [0, 0.05) is 56.7 Å². The maximum Gasteiger partial charge on any atom is 0.245 e. The van der Waals surface area contributed by atoms with Gasteiger partial charge in [-0.1, -0.05) is 18.2 Å². The highest BCUT2D eigenvalue weighted by Crippen LogP contribution is 2.32. The maximum absolute atomic E-state index is 12.2. The molecule has 38 heavy (non-hydrogen) atoms. The Morgan fingerprint density at radius 2 is 1.74 bits per heavy atom. The number of piperazine rings is 1. The molecular formula is C27H33N7O3S. The highest BCUT2D eigenvalue weighted by atomic mass is 32.2. The van der Waals surface area contributed by atoms with Crippen molar-refractivity contribution in [3.8, 4) is 11.3 Å². The number of nitrogens with zero attached hydrogens (tertiary/aromatic N) is 6. The van der Waals surface area contributed by atoms with E-state index in [0.29, 0.717) is 18.2 Å². The van der Waals surface area contributed by atoms with E-state index in [9.17, 15) is 13.5 Å². The molecule has 0 saturated carbocycles. The van der Waals surface area contributed by atoms with Crippen LogP contribution in [0.15, 0.2) is 66.9 Å². The van der Waals surface area contributed by atoms with Gasteiger partial charge in [-0.3, -0.25) is 9.21 Å². The van der Waals surface area contributed by atoms with E-state index in [1.54, 1.807) is 23.8 Å². The van der Waals surface area contributed by atoms with Crippen molar-refractivity contribution in [2.24, 2.45) is 0 Å². The number of nitrogens with one attached hydrogen (secondary N) is 1. The standard InChI is InChI=1S/C27H33N7O3S/c1-20(35)19-32-14-16-33(17-15-32)22-10-8-21(9-11-22)29-27-28-18-23-12-13-26(34(23)30-27)24-6-4-5-7-25(24)31(2)38(3,36)37/h4-13,18,20,35H,14-17,19H2,1-3H3,(H,29,30)/t20-/m1/s1. The summed E-state index contributed by atoms with van der Waals surface area (Å²) in [5, 5.41) is 17.6. The van der Waals surface area contributed by atoms with E-state index < -0.39 is 10.0 Å². The van der Waals surface area contributed by atoms with Crippen molar-refractivity contribution >= 4 is 38.6 Å². The minimum Gasteiger partial charge on any atom is -0.392 e. The third kappa shape index (κ3) is 5.59. The van der Waals surface area contributed by atoms with Crippen LogP contribution in [0.3, 0.4) is 0 Å². The third-order valence-corrected chi connectivity index (χ3v) is 7.99. The quantitative estimate of drug-likeness (QED) is 0.355. The van der Waals surface area contributed by atoms with Gasteiger partial charge in [0.05, 0.1) is 35.5 Å². The Morgan fingerprint density at radius 3 is 2.42 bits per heavy atom. The minimum absolute atomic E-state index is 0.306. The number of β-amino-alcohol motifs (C(OH)–C–C–N with tert-alkyl or cyclic N) is 1. The van der Waals surface area contributed by atoms with Crippen LogP contribution in [-0.4, -0.2) is 85.2 Å². The second kappa shape index (κ2) is 10.6. The summed E-state index contributed by atoms with van der Waals surface area (Å²) in [5.41, 5.74) is 4.91. The molecule has 10 nitrogen and oxygen atoms in total. The molecule has 0 unspecified atom stereocenters. The number of sulfonamides is 1. The number of aliphatic hydroxyl groups excluding tert-OH is 1. The summed E-state index contributed by atoms with van der Waals surface area (Å²) >= 11 is 0. The molecule has 0 aliphatic carbocycles. The van der Waals surface area contributed by atoms with Crippen LogP contribution >= 0.6 is 0 Å². The van der Waals surface area contributed by atoms with Crippen molar-refractivity contribution in [2.45, 2.75) is 13.0 Å². The van der Waals surface area contributed by atoms with Crippen molar-refractivity contribution in [1.82, 2.24) is 19.5 Å². The highest BCUT2D eigenvalue weighted by Gasteiger charge is 2.20. The van der Waals surface area contributed by atoms with Crippen molar-refractivity contribution in [3.05, 3.63) is 66.9 Å². The predicted octanol–water partition coefficient (Wildman–Crippen LogP) is 3.04. The molecule has 0 amide bonds. The van der Waals surface area contributed by atoms with Gasteiger partial charge in [0.25, 0.3) is 0 Å². The molecule has 2 N–H and O–H groups in total. The smallest absolute Gasteiger partial charge is 0.245 e. The van der Waals surface area contributed by atoms with Crippen LogP contribution in [0.1, 0.15) is 6.92 Å². The Labute approximate surface area is 223 Å². The molecule has 2 aromatic heterocycles. The van der Waals surface area contributed by atoms with Crippen LogP contribution in [0.4, 0.5) is 23.0 Å². The Balaban J connectivity index is 1.34. The van der Waals surface area contributed by atoms with Gasteiger partial charge >= 0.3 is 0 Å². The van der Waals surface area contributed by atoms with Crippen molar-refractivity contribution in [3.63, 3.8) is 0 Å². The van der Waals surface area contributed by atoms with Crippen molar-refractivity contribution in [2.75, 3.05) is 60.5 Å². The van der Waals surface area contributed by atoms with E-state index >= 15 is 0 Å². The Hall–Kier alpha value is -3.67. The first kappa shape index (κ1) is 26.0. The number of hydrogen-bond donors (Lipinski definition) is 2. The number of rotatable bonds is 8. The molecule has 1 atom stereocenters. The molecule has 0 radical (unpaired) electrons. The van der Waals surface area contributed by atoms with E-state index in [2.05, 4.69) is 32.2 Å². The molecule has 1 aliphatic rings. The lowest BCUT2D eigenvalue weighted by molar-refractivity contribution is 0.123. The molecule has 2 aromatic carbocycles. The number of fused-ring (bicyclic) bond motifs is 1.